The van der Waals surface area contributed by atoms with Crippen LogP contribution in [0.25, 0.3) is 0 Å². The van der Waals surface area contributed by atoms with Gasteiger partial charge in [0.1, 0.15) is 5.15 Å². The van der Waals surface area contributed by atoms with E-state index in [2.05, 4.69) is 14.7 Å². The van der Waals surface area contributed by atoms with Crippen molar-refractivity contribution >= 4 is 27.3 Å². The Morgan fingerprint density at radius 2 is 2.11 bits per heavy atom. The zero-order valence-corrected chi connectivity index (χ0v) is 11.3. The second kappa shape index (κ2) is 4.58. The molecule has 18 heavy (non-hydrogen) atoms. The first kappa shape index (κ1) is 12.8. The van der Waals surface area contributed by atoms with Crippen LogP contribution in [0.4, 0.5) is 5.69 Å². The molecule has 0 unspecified atom stereocenters. The number of sulfonamides is 1. The van der Waals surface area contributed by atoms with Crippen LogP contribution in [0.1, 0.15) is 5.56 Å². The summed E-state index contributed by atoms with van der Waals surface area (Å²) in [5, 5.41) is -0.142. The minimum Gasteiger partial charge on any atom is -0.324 e. The SMILES string of the molecule is Cc1cncc(NS(=O)(=O)c2ncn(C)c2Cl)c1. The average molecular weight is 287 g/mol. The van der Waals surface area contributed by atoms with E-state index in [1.807, 2.05) is 6.92 Å². The summed E-state index contributed by atoms with van der Waals surface area (Å²) >= 11 is 5.86. The van der Waals surface area contributed by atoms with Gasteiger partial charge in [-0.1, -0.05) is 11.6 Å². The van der Waals surface area contributed by atoms with Gasteiger partial charge in [0.05, 0.1) is 18.2 Å². The third kappa shape index (κ3) is 2.46. The number of nitrogens with one attached hydrogen (secondary N) is 1. The monoisotopic (exact) mass is 286 g/mol. The van der Waals surface area contributed by atoms with E-state index in [1.165, 1.54) is 17.1 Å². The highest BCUT2D eigenvalue weighted by Gasteiger charge is 2.22. The van der Waals surface area contributed by atoms with Gasteiger partial charge >= 0.3 is 0 Å². The van der Waals surface area contributed by atoms with Crippen molar-refractivity contribution in [3.05, 3.63) is 35.5 Å². The summed E-state index contributed by atoms with van der Waals surface area (Å²) in [5.41, 5.74) is 1.22. The van der Waals surface area contributed by atoms with Crippen LogP contribution in [-0.4, -0.2) is 23.0 Å². The number of hydrogen-bond acceptors (Lipinski definition) is 4. The lowest BCUT2D eigenvalue weighted by molar-refractivity contribution is 0.598. The highest BCUT2D eigenvalue weighted by molar-refractivity contribution is 7.92. The first-order valence-electron chi connectivity index (χ1n) is 5.01. The standard InChI is InChI=1S/C10H11ClN4O2S/c1-7-3-8(5-12-4-7)14-18(16,17)10-9(11)15(2)6-13-10/h3-6,14H,1-2H3. The largest absolute Gasteiger partial charge is 0.324 e. The average Bonchev–Trinajstić information content (AvgIpc) is 2.59. The number of nitrogens with zero attached hydrogens (tertiary/aromatic N) is 3. The number of halogens is 1. The number of hydrogen-bond donors (Lipinski definition) is 1. The van der Waals surface area contributed by atoms with E-state index in [4.69, 9.17) is 11.6 Å². The van der Waals surface area contributed by atoms with Gasteiger partial charge < -0.3 is 4.57 Å². The third-order valence-electron chi connectivity index (χ3n) is 2.22. The molecule has 0 bridgehead atoms. The minimum absolute atomic E-state index is 0.0584. The van der Waals surface area contributed by atoms with E-state index in [0.29, 0.717) is 5.69 Å². The van der Waals surface area contributed by atoms with Crippen molar-refractivity contribution in [1.29, 1.82) is 0 Å². The molecule has 0 radical (unpaired) electrons. The molecule has 0 fully saturated rings. The van der Waals surface area contributed by atoms with Crippen LogP contribution in [0.2, 0.25) is 5.15 Å². The van der Waals surface area contributed by atoms with Crippen molar-refractivity contribution in [3.8, 4) is 0 Å². The smallest absolute Gasteiger partial charge is 0.282 e. The minimum atomic E-state index is -3.79. The molecule has 2 aromatic rings. The van der Waals surface area contributed by atoms with Gasteiger partial charge in [0.2, 0.25) is 5.03 Å². The zero-order valence-electron chi connectivity index (χ0n) is 9.75. The lowest BCUT2D eigenvalue weighted by Gasteiger charge is -2.06. The summed E-state index contributed by atoms with van der Waals surface area (Å²) in [5.74, 6) is 0. The lowest BCUT2D eigenvalue weighted by atomic mass is 10.3. The van der Waals surface area contributed by atoms with Crippen molar-refractivity contribution in [2.75, 3.05) is 4.72 Å². The molecule has 0 amide bonds. The van der Waals surface area contributed by atoms with Gasteiger partial charge in [-0.2, -0.15) is 8.42 Å². The van der Waals surface area contributed by atoms with E-state index in [0.717, 1.165) is 5.56 Å². The van der Waals surface area contributed by atoms with E-state index in [1.54, 1.807) is 19.3 Å². The summed E-state index contributed by atoms with van der Waals surface area (Å²) in [7, 11) is -2.18. The molecule has 0 aliphatic heterocycles. The topological polar surface area (TPSA) is 76.9 Å². The maximum atomic E-state index is 12.0. The molecule has 0 saturated heterocycles. The Bertz CT molecular complexity index is 681. The van der Waals surface area contributed by atoms with Crippen LogP contribution >= 0.6 is 11.6 Å². The number of imidazole rings is 1. The highest BCUT2D eigenvalue weighted by Crippen LogP contribution is 2.21. The molecule has 0 aliphatic rings. The Labute approximate surface area is 110 Å². The fourth-order valence-electron chi connectivity index (χ4n) is 1.39. The van der Waals surface area contributed by atoms with Gasteiger partial charge in [-0.25, -0.2) is 4.98 Å². The fraction of sp³-hybridized carbons (Fsp3) is 0.200. The number of anilines is 1. The van der Waals surface area contributed by atoms with Gasteiger partial charge in [-0.05, 0) is 18.6 Å². The molecule has 0 atom stereocenters. The molecule has 0 aliphatic carbocycles. The van der Waals surface area contributed by atoms with Gasteiger partial charge in [0.25, 0.3) is 10.0 Å². The van der Waals surface area contributed by atoms with E-state index in [9.17, 15) is 8.42 Å². The number of aromatic nitrogens is 3. The lowest BCUT2D eigenvalue weighted by Crippen LogP contribution is -2.14. The first-order chi connectivity index (χ1) is 8.40. The van der Waals surface area contributed by atoms with Crippen molar-refractivity contribution in [2.45, 2.75) is 11.9 Å². The number of rotatable bonds is 3. The third-order valence-corrected chi connectivity index (χ3v) is 4.09. The predicted molar refractivity (Wildman–Crippen MR) is 68.0 cm³/mol. The fourth-order valence-corrected chi connectivity index (χ4v) is 2.86. The number of pyridine rings is 1. The van der Waals surface area contributed by atoms with Crippen LogP contribution in [0.3, 0.4) is 0 Å². The molecular weight excluding hydrogens is 276 g/mol. The summed E-state index contributed by atoms with van der Waals surface area (Å²) in [6.45, 7) is 1.82. The van der Waals surface area contributed by atoms with E-state index in [-0.39, 0.29) is 10.2 Å². The summed E-state index contributed by atoms with van der Waals surface area (Å²) in [6, 6.07) is 1.67. The molecule has 96 valence electrons. The van der Waals surface area contributed by atoms with Gasteiger partial charge in [-0.3, -0.25) is 9.71 Å². The summed E-state index contributed by atoms with van der Waals surface area (Å²) < 4.78 is 27.9. The molecule has 1 N–H and O–H groups in total. The van der Waals surface area contributed by atoms with E-state index >= 15 is 0 Å². The highest BCUT2D eigenvalue weighted by atomic mass is 35.5. The summed E-state index contributed by atoms with van der Waals surface area (Å²) in [6.07, 6.45) is 4.39. The molecule has 6 nitrogen and oxygen atoms in total. The van der Waals surface area contributed by atoms with Crippen molar-refractivity contribution in [3.63, 3.8) is 0 Å². The van der Waals surface area contributed by atoms with Crippen LogP contribution in [0, 0.1) is 6.92 Å². The van der Waals surface area contributed by atoms with Crippen molar-refractivity contribution in [2.24, 2.45) is 7.05 Å². The van der Waals surface area contributed by atoms with Gasteiger partial charge in [0.15, 0.2) is 0 Å². The van der Waals surface area contributed by atoms with Crippen LogP contribution in [0.5, 0.6) is 0 Å². The Kier molecular flexibility index (Phi) is 3.27. The number of aryl methyl sites for hydroxylation is 2. The molecule has 2 rings (SSSR count). The molecule has 2 aromatic heterocycles. The van der Waals surface area contributed by atoms with Crippen molar-refractivity contribution in [1.82, 2.24) is 14.5 Å². The summed E-state index contributed by atoms with van der Waals surface area (Å²) in [4.78, 5) is 7.67. The Morgan fingerprint density at radius 1 is 1.39 bits per heavy atom. The Morgan fingerprint density at radius 3 is 2.67 bits per heavy atom. The van der Waals surface area contributed by atoms with Gasteiger partial charge in [0, 0.05) is 13.2 Å². The molecule has 2 heterocycles. The predicted octanol–water partition coefficient (Wildman–Crippen LogP) is 1.58. The Hall–Kier alpha value is -1.60. The molecule has 0 saturated carbocycles. The zero-order chi connectivity index (χ0) is 13.3. The molecule has 0 spiro atoms. The van der Waals surface area contributed by atoms with Gasteiger partial charge in [-0.15, -0.1) is 0 Å². The van der Waals surface area contributed by atoms with E-state index < -0.39 is 10.0 Å². The first-order valence-corrected chi connectivity index (χ1v) is 6.87. The molecule has 8 heteroatoms. The second-order valence-corrected chi connectivity index (χ2v) is 5.76. The Balaban J connectivity index is 2.36. The van der Waals surface area contributed by atoms with Crippen molar-refractivity contribution < 1.29 is 8.42 Å². The quantitative estimate of drug-likeness (QED) is 0.929. The maximum absolute atomic E-state index is 12.0. The van der Waals surface area contributed by atoms with Crippen LogP contribution < -0.4 is 4.72 Å². The normalized spacial score (nSPS) is 11.5. The second-order valence-electron chi connectivity index (χ2n) is 3.81. The molecule has 0 aromatic carbocycles. The maximum Gasteiger partial charge on any atom is 0.282 e. The van der Waals surface area contributed by atoms with Crippen LogP contribution in [0.15, 0.2) is 29.8 Å². The molecular formula is C10H11ClN4O2S. The van der Waals surface area contributed by atoms with Crippen LogP contribution in [-0.2, 0) is 17.1 Å².